The fourth-order valence-corrected chi connectivity index (χ4v) is 1.78. The van der Waals surface area contributed by atoms with Crippen molar-refractivity contribution in [2.75, 3.05) is 7.11 Å². The van der Waals surface area contributed by atoms with Crippen LogP contribution in [0.1, 0.15) is 16.7 Å². The summed E-state index contributed by atoms with van der Waals surface area (Å²) in [5.74, 6) is 3.59. The molecule has 0 heterocycles. The maximum atomic E-state index is 5.48. The van der Waals surface area contributed by atoms with Crippen LogP contribution in [-0.4, -0.2) is 7.11 Å². The highest BCUT2D eigenvalue weighted by Crippen LogP contribution is 2.16. The van der Waals surface area contributed by atoms with E-state index in [1.165, 1.54) is 11.1 Å². The highest BCUT2D eigenvalue weighted by Gasteiger charge is 2.01. The number of benzene rings is 2. The first-order valence-electron chi connectivity index (χ1n) is 5.51. The van der Waals surface area contributed by atoms with Gasteiger partial charge < -0.3 is 4.74 Å². The molecule has 2 rings (SSSR count). The van der Waals surface area contributed by atoms with Crippen LogP contribution in [0.5, 0.6) is 5.75 Å². The van der Waals surface area contributed by atoms with Gasteiger partial charge in [0.15, 0.2) is 0 Å². The number of ether oxygens (including phenoxy) is 1. The molecule has 1 nitrogen and oxygen atoms in total. The summed E-state index contributed by atoms with van der Waals surface area (Å²) in [6, 6.07) is 16.1. The molecule has 0 aromatic heterocycles. The van der Waals surface area contributed by atoms with Crippen molar-refractivity contribution in [3.8, 4) is 18.1 Å². The predicted octanol–water partition coefficient (Wildman–Crippen LogP) is 3.27. The maximum Gasteiger partial charge on any atom is 0.118 e. The standard InChI is InChI=1S/C16H14O/c1-3-14-6-4-5-7-15(14)12-13-8-10-16(17-2)11-9-13/h1,4-11H,12H2,2H3. The van der Waals surface area contributed by atoms with Gasteiger partial charge in [-0.1, -0.05) is 36.3 Å². The van der Waals surface area contributed by atoms with E-state index in [4.69, 9.17) is 11.2 Å². The lowest BCUT2D eigenvalue weighted by molar-refractivity contribution is 0.414. The number of hydrogen-bond acceptors (Lipinski definition) is 1. The lowest BCUT2D eigenvalue weighted by Gasteiger charge is -2.06. The van der Waals surface area contributed by atoms with Gasteiger partial charge in [0.2, 0.25) is 0 Å². The van der Waals surface area contributed by atoms with Gasteiger partial charge in [-0.3, -0.25) is 0 Å². The summed E-state index contributed by atoms with van der Waals surface area (Å²) in [4.78, 5) is 0. The van der Waals surface area contributed by atoms with Crippen LogP contribution < -0.4 is 4.74 Å². The summed E-state index contributed by atoms with van der Waals surface area (Å²) in [6.07, 6.45) is 6.33. The van der Waals surface area contributed by atoms with Crippen molar-refractivity contribution in [1.29, 1.82) is 0 Å². The van der Waals surface area contributed by atoms with E-state index < -0.39 is 0 Å². The van der Waals surface area contributed by atoms with Crippen LogP contribution in [-0.2, 0) is 6.42 Å². The van der Waals surface area contributed by atoms with Crippen LogP contribution in [0, 0.1) is 12.3 Å². The fourth-order valence-electron chi connectivity index (χ4n) is 1.78. The molecule has 0 atom stereocenters. The molecule has 2 aromatic rings. The van der Waals surface area contributed by atoms with Gasteiger partial charge in [-0.15, -0.1) is 6.42 Å². The molecule has 0 amide bonds. The van der Waals surface area contributed by atoms with Crippen molar-refractivity contribution < 1.29 is 4.74 Å². The third-order valence-electron chi connectivity index (χ3n) is 2.73. The number of methoxy groups -OCH3 is 1. The summed E-state index contributed by atoms with van der Waals surface area (Å²) in [7, 11) is 1.67. The van der Waals surface area contributed by atoms with Crippen molar-refractivity contribution in [2.24, 2.45) is 0 Å². The fraction of sp³-hybridized carbons (Fsp3) is 0.125. The molecule has 0 bridgehead atoms. The first kappa shape index (κ1) is 11.3. The average molecular weight is 222 g/mol. The first-order valence-corrected chi connectivity index (χ1v) is 5.51. The van der Waals surface area contributed by atoms with Crippen molar-refractivity contribution >= 4 is 0 Å². The molecule has 0 saturated heterocycles. The predicted molar refractivity (Wildman–Crippen MR) is 70.2 cm³/mol. The van der Waals surface area contributed by atoms with Gasteiger partial charge in [0, 0.05) is 5.56 Å². The first-order chi connectivity index (χ1) is 8.33. The van der Waals surface area contributed by atoms with Crippen molar-refractivity contribution in [1.82, 2.24) is 0 Å². The van der Waals surface area contributed by atoms with E-state index in [1.54, 1.807) is 7.11 Å². The topological polar surface area (TPSA) is 9.23 Å². The van der Waals surface area contributed by atoms with Crippen LogP contribution in [0.15, 0.2) is 48.5 Å². The zero-order valence-corrected chi connectivity index (χ0v) is 9.81. The third kappa shape index (κ3) is 2.68. The summed E-state index contributed by atoms with van der Waals surface area (Å²) in [6.45, 7) is 0. The minimum atomic E-state index is 0.852. The molecule has 0 aliphatic carbocycles. The Morgan fingerprint density at radius 2 is 1.76 bits per heavy atom. The van der Waals surface area contributed by atoms with Crippen LogP contribution in [0.25, 0.3) is 0 Å². The van der Waals surface area contributed by atoms with Gasteiger partial charge in [-0.05, 0) is 35.7 Å². The van der Waals surface area contributed by atoms with Crippen molar-refractivity contribution in [3.05, 3.63) is 65.2 Å². The van der Waals surface area contributed by atoms with Crippen molar-refractivity contribution in [2.45, 2.75) is 6.42 Å². The summed E-state index contributed by atoms with van der Waals surface area (Å²) in [5.41, 5.74) is 3.37. The van der Waals surface area contributed by atoms with E-state index in [0.29, 0.717) is 0 Å². The Labute approximate surface area is 102 Å². The summed E-state index contributed by atoms with van der Waals surface area (Å²) in [5, 5.41) is 0. The van der Waals surface area contributed by atoms with Crippen LogP contribution >= 0.6 is 0 Å². The third-order valence-corrected chi connectivity index (χ3v) is 2.73. The molecular weight excluding hydrogens is 208 g/mol. The number of rotatable bonds is 3. The van der Waals surface area contributed by atoms with Gasteiger partial charge in [0.25, 0.3) is 0 Å². The molecule has 84 valence electrons. The minimum Gasteiger partial charge on any atom is -0.497 e. The normalized spacial score (nSPS) is 9.65. The Bertz CT molecular complexity index is 532. The highest BCUT2D eigenvalue weighted by atomic mass is 16.5. The molecule has 0 saturated carbocycles. The van der Waals surface area contributed by atoms with E-state index in [-0.39, 0.29) is 0 Å². The molecule has 2 aromatic carbocycles. The van der Waals surface area contributed by atoms with Gasteiger partial charge >= 0.3 is 0 Å². The Kier molecular flexibility index (Phi) is 3.47. The molecule has 0 radical (unpaired) electrons. The summed E-state index contributed by atoms with van der Waals surface area (Å²) >= 11 is 0. The second-order valence-electron chi connectivity index (χ2n) is 3.83. The average Bonchev–Trinajstić information content (AvgIpc) is 2.40. The maximum absolute atomic E-state index is 5.48. The van der Waals surface area contributed by atoms with Gasteiger partial charge in [-0.2, -0.15) is 0 Å². The second-order valence-corrected chi connectivity index (χ2v) is 3.83. The lowest BCUT2D eigenvalue weighted by Crippen LogP contribution is -1.92. The molecule has 0 fully saturated rings. The molecular formula is C16H14O. The van der Waals surface area contributed by atoms with E-state index in [0.717, 1.165) is 17.7 Å². The molecule has 0 N–H and O–H groups in total. The SMILES string of the molecule is C#Cc1ccccc1Cc1ccc(OC)cc1. The quantitative estimate of drug-likeness (QED) is 0.724. The highest BCUT2D eigenvalue weighted by molar-refractivity contribution is 5.42. The van der Waals surface area contributed by atoms with E-state index in [9.17, 15) is 0 Å². The van der Waals surface area contributed by atoms with E-state index in [1.807, 2.05) is 30.3 Å². The molecule has 0 aliphatic rings. The van der Waals surface area contributed by atoms with E-state index in [2.05, 4.69) is 24.1 Å². The Hall–Kier alpha value is -2.20. The Morgan fingerprint density at radius 3 is 2.41 bits per heavy atom. The second kappa shape index (κ2) is 5.23. The number of hydrogen-bond donors (Lipinski definition) is 0. The zero-order valence-electron chi connectivity index (χ0n) is 9.81. The summed E-state index contributed by atoms with van der Waals surface area (Å²) < 4.78 is 5.13. The van der Waals surface area contributed by atoms with Crippen LogP contribution in [0.2, 0.25) is 0 Å². The van der Waals surface area contributed by atoms with Crippen LogP contribution in [0.4, 0.5) is 0 Å². The largest absolute Gasteiger partial charge is 0.497 e. The van der Waals surface area contributed by atoms with Gasteiger partial charge in [0.05, 0.1) is 7.11 Å². The number of terminal acetylenes is 1. The Balaban J connectivity index is 2.23. The van der Waals surface area contributed by atoms with Crippen LogP contribution in [0.3, 0.4) is 0 Å². The lowest BCUT2D eigenvalue weighted by atomic mass is 10.0. The van der Waals surface area contributed by atoms with Gasteiger partial charge in [-0.25, -0.2) is 0 Å². The molecule has 0 unspecified atom stereocenters. The molecule has 0 aliphatic heterocycles. The molecule has 1 heteroatoms. The minimum absolute atomic E-state index is 0.852. The zero-order chi connectivity index (χ0) is 12.1. The monoisotopic (exact) mass is 222 g/mol. The Morgan fingerprint density at radius 1 is 1.06 bits per heavy atom. The van der Waals surface area contributed by atoms with Crippen molar-refractivity contribution in [3.63, 3.8) is 0 Å². The smallest absolute Gasteiger partial charge is 0.118 e. The van der Waals surface area contributed by atoms with Gasteiger partial charge in [0.1, 0.15) is 5.75 Å². The molecule has 17 heavy (non-hydrogen) atoms. The van der Waals surface area contributed by atoms with E-state index >= 15 is 0 Å². The molecule has 0 spiro atoms.